The van der Waals surface area contributed by atoms with E-state index in [1.54, 1.807) is 16.7 Å². The Hall–Kier alpha value is 0.127. The third-order valence-electron chi connectivity index (χ3n) is 4.42. The van der Waals surface area contributed by atoms with E-state index in [0.29, 0.717) is 0 Å². The Morgan fingerprint density at radius 2 is 1.47 bits per heavy atom. The monoisotopic (exact) mass is 240 g/mol. The van der Waals surface area contributed by atoms with Crippen molar-refractivity contribution in [2.75, 3.05) is 13.3 Å². The van der Waals surface area contributed by atoms with Gasteiger partial charge in [-0.15, -0.1) is 7.47 Å². The number of hydrogen-bond donors (Lipinski definition) is 0. The van der Waals surface area contributed by atoms with E-state index in [-0.39, 0.29) is 7.47 Å². The number of rotatable bonds is 2. The van der Waals surface area contributed by atoms with Crippen LogP contribution in [0, 0.1) is 5.92 Å². The van der Waals surface area contributed by atoms with Gasteiger partial charge in [0, 0.05) is 0 Å². The summed E-state index contributed by atoms with van der Waals surface area (Å²) in [5.41, 5.74) is 4.79. The summed E-state index contributed by atoms with van der Waals surface area (Å²) in [5.74, 6) is 0.719. The molecule has 1 unspecified atom stereocenters. The third-order valence-corrected chi connectivity index (χ3v) is 16.2. The van der Waals surface area contributed by atoms with E-state index in [0.717, 1.165) is 5.92 Å². The van der Waals surface area contributed by atoms with E-state index in [4.69, 9.17) is 0 Å². The zero-order chi connectivity index (χ0) is 12.0. The highest BCUT2D eigenvalue weighted by Crippen LogP contribution is 2.51. The summed E-state index contributed by atoms with van der Waals surface area (Å²) in [7, 11) is -0.946. The lowest BCUT2D eigenvalue weighted by molar-refractivity contribution is 0.851. The molecule has 0 nitrogen and oxygen atoms in total. The molecule has 0 aromatic carbocycles. The minimum atomic E-state index is -1.15. The number of hydrogen-bond acceptors (Lipinski definition) is 0. The second-order valence-corrected chi connectivity index (χ2v) is 17.0. The van der Waals surface area contributed by atoms with Crippen LogP contribution in [-0.4, -0.2) is 21.1 Å². The van der Waals surface area contributed by atoms with E-state index in [9.17, 15) is 0 Å². The van der Waals surface area contributed by atoms with Crippen LogP contribution in [-0.2, 0) is 0 Å². The number of allylic oxidation sites excluding steroid dienone is 4. The molecule has 0 amide bonds. The van der Waals surface area contributed by atoms with Gasteiger partial charge in [-0.2, -0.15) is 0 Å². The van der Waals surface area contributed by atoms with Crippen LogP contribution in [0.1, 0.15) is 27.7 Å². The van der Waals surface area contributed by atoms with E-state index >= 15 is 0 Å². The molecule has 0 aliphatic heterocycles. The largest absolute Gasteiger partial charge is 0.120 e. The van der Waals surface area contributed by atoms with Gasteiger partial charge in [-0.25, -0.2) is 0 Å². The van der Waals surface area contributed by atoms with Gasteiger partial charge in [0.2, 0.25) is 0 Å². The molecule has 2 heteroatoms. The van der Waals surface area contributed by atoms with E-state index < -0.39 is 7.74 Å². The first-order valence-electron chi connectivity index (χ1n) is 5.77. The fourth-order valence-corrected chi connectivity index (χ4v) is 7.99. The van der Waals surface area contributed by atoms with Crippen molar-refractivity contribution in [1.29, 1.82) is 0 Å². The highest BCUT2D eigenvalue weighted by molar-refractivity contribution is 7.95. The summed E-state index contributed by atoms with van der Waals surface area (Å²) in [6.07, 6.45) is 0. The Balaban J connectivity index is 3.21. The van der Waals surface area contributed by atoms with Crippen molar-refractivity contribution < 1.29 is 0 Å². The van der Waals surface area contributed by atoms with Crippen LogP contribution < -0.4 is 0 Å². The molecule has 0 radical (unpaired) electrons. The molecule has 0 fully saturated rings. The molecular formula is C13H25PSi. The fourth-order valence-electron chi connectivity index (χ4n) is 2.59. The van der Waals surface area contributed by atoms with Crippen LogP contribution >= 0.6 is 7.47 Å². The molecule has 1 rings (SSSR count). The lowest BCUT2D eigenvalue weighted by Gasteiger charge is -2.33. The summed E-state index contributed by atoms with van der Waals surface area (Å²) in [5, 5.41) is 1.83. The van der Waals surface area contributed by atoms with Crippen molar-refractivity contribution >= 4 is 15.2 Å². The Kier molecular flexibility index (Phi) is 3.68. The average Bonchev–Trinajstić information content (AvgIpc) is 2.31. The van der Waals surface area contributed by atoms with E-state index in [1.807, 2.05) is 5.20 Å². The lowest BCUT2D eigenvalue weighted by Crippen LogP contribution is -2.30. The van der Waals surface area contributed by atoms with Gasteiger partial charge < -0.3 is 0 Å². The van der Waals surface area contributed by atoms with Crippen LogP contribution in [0.5, 0.6) is 0 Å². The first-order valence-corrected chi connectivity index (χ1v) is 11.9. The lowest BCUT2D eigenvalue weighted by atomic mass is 10.1. The van der Waals surface area contributed by atoms with E-state index in [1.165, 1.54) is 0 Å². The molecule has 1 aliphatic carbocycles. The van der Waals surface area contributed by atoms with Gasteiger partial charge >= 0.3 is 0 Å². The van der Waals surface area contributed by atoms with Crippen LogP contribution in [0.3, 0.4) is 0 Å². The molecule has 1 atom stereocenters. The van der Waals surface area contributed by atoms with Gasteiger partial charge in [0.05, 0.1) is 0 Å². The molecule has 15 heavy (non-hydrogen) atoms. The minimum Gasteiger partial charge on any atom is -0.120 e. The van der Waals surface area contributed by atoms with Gasteiger partial charge in [0.1, 0.15) is 7.74 Å². The first-order chi connectivity index (χ1) is 6.71. The van der Waals surface area contributed by atoms with Crippen LogP contribution in [0.4, 0.5) is 0 Å². The summed E-state index contributed by atoms with van der Waals surface area (Å²) in [4.78, 5) is 0. The van der Waals surface area contributed by atoms with Crippen molar-refractivity contribution in [2.45, 2.75) is 40.8 Å². The summed E-state index contributed by atoms with van der Waals surface area (Å²) < 4.78 is 0. The topological polar surface area (TPSA) is 0 Å². The molecular weight excluding hydrogens is 215 g/mol. The van der Waals surface area contributed by atoms with Crippen molar-refractivity contribution in [3.05, 3.63) is 21.9 Å². The van der Waals surface area contributed by atoms with Crippen molar-refractivity contribution in [2.24, 2.45) is 5.92 Å². The van der Waals surface area contributed by atoms with Gasteiger partial charge in [-0.05, 0) is 45.6 Å². The SMILES string of the molecule is CC1=C(C)C(C)C([Si](C)(C)P(C)C)=C1C. The average molecular weight is 240 g/mol. The Morgan fingerprint density at radius 1 is 1.00 bits per heavy atom. The van der Waals surface area contributed by atoms with Gasteiger partial charge in [-0.1, -0.05) is 36.4 Å². The molecule has 0 heterocycles. The van der Waals surface area contributed by atoms with Crippen molar-refractivity contribution in [3.63, 3.8) is 0 Å². The molecule has 0 bridgehead atoms. The Bertz CT molecular complexity index is 334. The van der Waals surface area contributed by atoms with E-state index in [2.05, 4.69) is 54.1 Å². The van der Waals surface area contributed by atoms with Gasteiger partial charge in [0.25, 0.3) is 0 Å². The molecule has 0 N–H and O–H groups in total. The molecule has 1 aliphatic rings. The van der Waals surface area contributed by atoms with Crippen molar-refractivity contribution in [3.8, 4) is 0 Å². The molecule has 0 saturated heterocycles. The van der Waals surface area contributed by atoms with Gasteiger partial charge in [0.15, 0.2) is 0 Å². The third kappa shape index (κ3) is 2.01. The van der Waals surface area contributed by atoms with Gasteiger partial charge in [-0.3, -0.25) is 0 Å². The molecule has 0 saturated carbocycles. The quantitative estimate of drug-likeness (QED) is 0.481. The minimum absolute atomic E-state index is 0.208. The Morgan fingerprint density at radius 3 is 1.73 bits per heavy atom. The highest BCUT2D eigenvalue weighted by atomic mass is 31.4. The molecule has 0 aromatic rings. The second-order valence-electron chi connectivity index (χ2n) is 5.52. The Labute approximate surface area is 97.5 Å². The normalized spacial score (nSPS) is 23.4. The first kappa shape index (κ1) is 13.2. The smallest absolute Gasteiger partial charge is 0.103 e. The summed E-state index contributed by atoms with van der Waals surface area (Å²) in [6.45, 7) is 19.4. The van der Waals surface area contributed by atoms with Crippen LogP contribution in [0.15, 0.2) is 21.9 Å². The molecule has 0 aromatic heterocycles. The fraction of sp³-hybridized carbons (Fsp3) is 0.692. The van der Waals surface area contributed by atoms with Crippen molar-refractivity contribution in [1.82, 2.24) is 0 Å². The predicted molar refractivity (Wildman–Crippen MR) is 76.5 cm³/mol. The van der Waals surface area contributed by atoms with Crippen LogP contribution in [0.25, 0.3) is 0 Å². The standard InChI is InChI=1S/C13H25PSi/c1-9-10(2)12(4)13(11(9)3)15(7,8)14(5)6/h11H,1-8H3. The highest BCUT2D eigenvalue weighted by Gasteiger charge is 2.37. The zero-order valence-corrected chi connectivity index (χ0v) is 13.4. The predicted octanol–water partition coefficient (Wildman–Crippen LogP) is 4.77. The maximum Gasteiger partial charge on any atom is 0.103 e. The van der Waals surface area contributed by atoms with Crippen LogP contribution in [0.2, 0.25) is 13.1 Å². The summed E-state index contributed by atoms with van der Waals surface area (Å²) in [6, 6.07) is 0. The molecule has 0 spiro atoms. The zero-order valence-electron chi connectivity index (χ0n) is 11.5. The maximum atomic E-state index is 2.56. The second kappa shape index (κ2) is 4.18. The maximum absolute atomic E-state index is 2.56. The molecule has 86 valence electrons. The summed E-state index contributed by atoms with van der Waals surface area (Å²) >= 11 is 0.